The van der Waals surface area contributed by atoms with E-state index in [9.17, 15) is 0 Å². The maximum absolute atomic E-state index is 5.78. The number of ether oxygens (including phenoxy) is 1. The smallest absolute Gasteiger partial charge is 0.157 e. The van der Waals surface area contributed by atoms with Gasteiger partial charge in [0.1, 0.15) is 0 Å². The number of aryl methyl sites for hydroxylation is 1. The molecule has 0 radical (unpaired) electrons. The summed E-state index contributed by atoms with van der Waals surface area (Å²) in [6.07, 6.45) is 3.69. The first-order valence-electron chi connectivity index (χ1n) is 6.09. The first kappa shape index (κ1) is 13.1. The van der Waals surface area contributed by atoms with E-state index < -0.39 is 0 Å². The zero-order chi connectivity index (χ0) is 12.8. The highest BCUT2D eigenvalue weighted by Crippen LogP contribution is 2.20. The molecule has 0 spiro atoms. The van der Waals surface area contributed by atoms with E-state index >= 15 is 0 Å². The van der Waals surface area contributed by atoms with E-state index in [1.807, 2.05) is 16.9 Å². The van der Waals surface area contributed by atoms with Crippen molar-refractivity contribution in [3.63, 3.8) is 0 Å². The zero-order valence-corrected chi connectivity index (χ0v) is 12.0. The molecule has 0 aliphatic heterocycles. The Kier molecular flexibility index (Phi) is 4.81. The van der Waals surface area contributed by atoms with Crippen molar-refractivity contribution in [1.82, 2.24) is 9.78 Å². The third kappa shape index (κ3) is 3.35. The predicted octanol–water partition coefficient (Wildman–Crippen LogP) is 3.46. The standard InChI is InChI=1S/C14H17BrN2O/c1-2-17-10-14(9-16-17)18-11-13(8-15)12-6-4-3-5-7-12/h3-7,9-10,13H,2,8,11H2,1H3. The number of rotatable bonds is 6. The summed E-state index contributed by atoms with van der Waals surface area (Å²) in [7, 11) is 0. The van der Waals surface area contributed by atoms with Crippen molar-refractivity contribution in [2.75, 3.05) is 11.9 Å². The molecule has 4 heteroatoms. The van der Waals surface area contributed by atoms with Gasteiger partial charge in [-0.15, -0.1) is 0 Å². The predicted molar refractivity (Wildman–Crippen MR) is 76.4 cm³/mol. The van der Waals surface area contributed by atoms with Gasteiger partial charge >= 0.3 is 0 Å². The van der Waals surface area contributed by atoms with Crippen LogP contribution in [0, 0.1) is 0 Å². The molecule has 1 aromatic carbocycles. The average Bonchev–Trinajstić information content (AvgIpc) is 2.89. The summed E-state index contributed by atoms with van der Waals surface area (Å²) in [5.74, 6) is 1.19. The van der Waals surface area contributed by atoms with Crippen LogP contribution in [0.4, 0.5) is 0 Å². The van der Waals surface area contributed by atoms with Crippen LogP contribution in [0.25, 0.3) is 0 Å². The lowest BCUT2D eigenvalue weighted by molar-refractivity contribution is 0.297. The number of benzene rings is 1. The fourth-order valence-electron chi connectivity index (χ4n) is 1.74. The quantitative estimate of drug-likeness (QED) is 0.764. The van der Waals surface area contributed by atoms with Gasteiger partial charge in [0.25, 0.3) is 0 Å². The molecule has 0 aliphatic rings. The molecule has 0 amide bonds. The van der Waals surface area contributed by atoms with Crippen molar-refractivity contribution >= 4 is 15.9 Å². The van der Waals surface area contributed by atoms with Crippen LogP contribution < -0.4 is 4.74 Å². The normalized spacial score (nSPS) is 12.3. The van der Waals surface area contributed by atoms with E-state index in [4.69, 9.17) is 4.74 Å². The van der Waals surface area contributed by atoms with Crippen LogP contribution >= 0.6 is 15.9 Å². The number of hydrogen-bond acceptors (Lipinski definition) is 2. The van der Waals surface area contributed by atoms with Crippen LogP contribution in [0.15, 0.2) is 42.7 Å². The largest absolute Gasteiger partial charge is 0.490 e. The van der Waals surface area contributed by atoms with Gasteiger partial charge in [0.15, 0.2) is 5.75 Å². The summed E-state index contributed by atoms with van der Waals surface area (Å²) >= 11 is 3.54. The van der Waals surface area contributed by atoms with Crippen LogP contribution in [0.5, 0.6) is 5.75 Å². The van der Waals surface area contributed by atoms with Crippen molar-refractivity contribution in [3.8, 4) is 5.75 Å². The minimum absolute atomic E-state index is 0.358. The Bertz CT molecular complexity index is 470. The van der Waals surface area contributed by atoms with Crippen LogP contribution in [0.3, 0.4) is 0 Å². The van der Waals surface area contributed by atoms with Gasteiger partial charge in [-0.25, -0.2) is 0 Å². The number of hydrogen-bond donors (Lipinski definition) is 0. The number of nitrogens with zero attached hydrogens (tertiary/aromatic N) is 2. The highest BCUT2D eigenvalue weighted by molar-refractivity contribution is 9.09. The Morgan fingerprint density at radius 2 is 2.11 bits per heavy atom. The molecule has 96 valence electrons. The second-order valence-corrected chi connectivity index (χ2v) is 4.75. The molecule has 1 unspecified atom stereocenters. The van der Waals surface area contributed by atoms with Crippen molar-refractivity contribution in [2.24, 2.45) is 0 Å². The van der Waals surface area contributed by atoms with Gasteiger partial charge in [-0.3, -0.25) is 4.68 Å². The van der Waals surface area contributed by atoms with Gasteiger partial charge < -0.3 is 4.74 Å². The van der Waals surface area contributed by atoms with Gasteiger partial charge in [-0.1, -0.05) is 46.3 Å². The van der Waals surface area contributed by atoms with Gasteiger partial charge in [0, 0.05) is 17.8 Å². The summed E-state index contributed by atoms with van der Waals surface area (Å²) in [6, 6.07) is 10.4. The maximum atomic E-state index is 5.78. The first-order chi connectivity index (χ1) is 8.83. The third-order valence-electron chi connectivity index (χ3n) is 2.84. The average molecular weight is 309 g/mol. The third-order valence-corrected chi connectivity index (χ3v) is 3.62. The van der Waals surface area contributed by atoms with Crippen LogP contribution in [-0.4, -0.2) is 21.7 Å². The summed E-state index contributed by atoms with van der Waals surface area (Å²) in [5, 5.41) is 5.08. The van der Waals surface area contributed by atoms with Gasteiger partial charge in [-0.05, 0) is 12.5 Å². The summed E-state index contributed by atoms with van der Waals surface area (Å²) in [6.45, 7) is 3.58. The molecule has 0 N–H and O–H groups in total. The lowest BCUT2D eigenvalue weighted by Crippen LogP contribution is -2.11. The maximum Gasteiger partial charge on any atom is 0.157 e. The Morgan fingerprint density at radius 3 is 2.72 bits per heavy atom. The number of aromatic nitrogens is 2. The monoisotopic (exact) mass is 308 g/mol. The topological polar surface area (TPSA) is 27.1 Å². The summed E-state index contributed by atoms with van der Waals surface area (Å²) in [4.78, 5) is 0. The van der Waals surface area contributed by atoms with E-state index in [1.165, 1.54) is 5.56 Å². The fourth-order valence-corrected chi connectivity index (χ4v) is 2.30. The Labute approximate surface area is 116 Å². The van der Waals surface area contributed by atoms with E-state index in [-0.39, 0.29) is 0 Å². The lowest BCUT2D eigenvalue weighted by atomic mass is 10.0. The SMILES string of the molecule is CCn1cc(OCC(CBr)c2ccccc2)cn1. The molecule has 3 nitrogen and oxygen atoms in total. The summed E-state index contributed by atoms with van der Waals surface area (Å²) in [5.41, 5.74) is 1.29. The second-order valence-electron chi connectivity index (χ2n) is 4.10. The molecule has 2 aromatic rings. The molecule has 1 aromatic heterocycles. The van der Waals surface area contributed by atoms with E-state index in [2.05, 4.69) is 52.2 Å². The van der Waals surface area contributed by atoms with E-state index in [0.717, 1.165) is 17.6 Å². The van der Waals surface area contributed by atoms with Crippen LogP contribution in [0.2, 0.25) is 0 Å². The van der Waals surface area contributed by atoms with Gasteiger partial charge in [-0.2, -0.15) is 5.10 Å². The van der Waals surface area contributed by atoms with E-state index in [0.29, 0.717) is 12.5 Å². The highest BCUT2D eigenvalue weighted by Gasteiger charge is 2.11. The Hall–Kier alpha value is -1.29. The zero-order valence-electron chi connectivity index (χ0n) is 10.4. The second kappa shape index (κ2) is 6.59. The molecule has 0 fully saturated rings. The van der Waals surface area contributed by atoms with Crippen LogP contribution in [0.1, 0.15) is 18.4 Å². The minimum atomic E-state index is 0.358. The van der Waals surface area contributed by atoms with Crippen LogP contribution in [-0.2, 0) is 6.54 Å². The van der Waals surface area contributed by atoms with E-state index in [1.54, 1.807) is 6.20 Å². The first-order valence-corrected chi connectivity index (χ1v) is 7.21. The fraction of sp³-hybridized carbons (Fsp3) is 0.357. The molecule has 0 aliphatic carbocycles. The number of alkyl halides is 1. The van der Waals surface area contributed by atoms with Crippen molar-refractivity contribution in [2.45, 2.75) is 19.4 Å². The molecule has 1 heterocycles. The molecule has 1 atom stereocenters. The molecule has 0 bridgehead atoms. The molecular weight excluding hydrogens is 292 g/mol. The Morgan fingerprint density at radius 1 is 1.33 bits per heavy atom. The lowest BCUT2D eigenvalue weighted by Gasteiger charge is -2.14. The molecule has 18 heavy (non-hydrogen) atoms. The molecule has 2 rings (SSSR count). The van der Waals surface area contributed by atoms with Gasteiger partial charge in [0.05, 0.1) is 19.0 Å². The molecular formula is C14H17BrN2O. The summed E-state index contributed by atoms with van der Waals surface area (Å²) < 4.78 is 7.64. The van der Waals surface area contributed by atoms with Crippen molar-refractivity contribution in [3.05, 3.63) is 48.3 Å². The minimum Gasteiger partial charge on any atom is -0.490 e. The molecule has 0 saturated heterocycles. The number of halogens is 1. The van der Waals surface area contributed by atoms with Crippen molar-refractivity contribution < 1.29 is 4.74 Å². The highest BCUT2D eigenvalue weighted by atomic mass is 79.9. The van der Waals surface area contributed by atoms with Gasteiger partial charge in [0.2, 0.25) is 0 Å². The van der Waals surface area contributed by atoms with Crippen molar-refractivity contribution in [1.29, 1.82) is 0 Å². The molecule has 0 saturated carbocycles. The Balaban J connectivity index is 1.95.